The van der Waals surface area contributed by atoms with E-state index in [1.807, 2.05) is 37.8 Å². The minimum absolute atomic E-state index is 0.201. The zero-order valence-corrected chi connectivity index (χ0v) is 14.7. The van der Waals surface area contributed by atoms with Gasteiger partial charge in [0.1, 0.15) is 16.8 Å². The molecule has 0 saturated heterocycles. The molecule has 3 heterocycles. The first kappa shape index (κ1) is 16.8. The number of aromatic amines is 1. The van der Waals surface area contributed by atoms with Crippen LogP contribution in [0.25, 0.3) is 21.7 Å². The van der Waals surface area contributed by atoms with Crippen LogP contribution in [0.3, 0.4) is 0 Å². The summed E-state index contributed by atoms with van der Waals surface area (Å²) in [5, 5.41) is 11.2. The molecular weight excluding hydrogens is 324 g/mol. The molecule has 24 heavy (non-hydrogen) atoms. The Balaban J connectivity index is 2.14. The lowest BCUT2D eigenvalue weighted by atomic mass is 10.2. The molecule has 1 unspecified atom stereocenters. The van der Waals surface area contributed by atoms with Crippen molar-refractivity contribution in [3.8, 4) is 11.5 Å². The van der Waals surface area contributed by atoms with E-state index in [9.17, 15) is 9.90 Å². The van der Waals surface area contributed by atoms with Crippen LogP contribution in [0.4, 0.5) is 0 Å². The van der Waals surface area contributed by atoms with Crippen molar-refractivity contribution in [1.29, 1.82) is 0 Å². The van der Waals surface area contributed by atoms with E-state index in [1.165, 1.54) is 11.3 Å². The fourth-order valence-electron chi connectivity index (χ4n) is 2.77. The van der Waals surface area contributed by atoms with Crippen molar-refractivity contribution in [1.82, 2.24) is 19.9 Å². The monoisotopic (exact) mass is 344 g/mol. The number of aromatic nitrogens is 3. The summed E-state index contributed by atoms with van der Waals surface area (Å²) < 4.78 is 0. The molecule has 0 spiro atoms. The summed E-state index contributed by atoms with van der Waals surface area (Å²) in [6.07, 6.45) is 0.936. The first-order valence-electron chi connectivity index (χ1n) is 7.93. The van der Waals surface area contributed by atoms with Crippen molar-refractivity contribution in [2.24, 2.45) is 0 Å². The first-order valence-corrected chi connectivity index (χ1v) is 8.75. The van der Waals surface area contributed by atoms with Crippen LogP contribution in [-0.2, 0) is 0 Å². The molecule has 3 aromatic rings. The van der Waals surface area contributed by atoms with Gasteiger partial charge in [0, 0.05) is 6.20 Å². The molecule has 0 aromatic carbocycles. The maximum atomic E-state index is 12.5. The lowest BCUT2D eigenvalue weighted by Gasteiger charge is -2.24. The Hall–Kier alpha value is -2.09. The molecule has 3 rings (SSSR count). The minimum Gasteiger partial charge on any atom is -0.373 e. The van der Waals surface area contributed by atoms with Crippen molar-refractivity contribution < 1.29 is 5.11 Å². The van der Waals surface area contributed by atoms with Crippen LogP contribution in [0, 0.1) is 6.92 Å². The van der Waals surface area contributed by atoms with E-state index in [0.717, 1.165) is 23.5 Å². The van der Waals surface area contributed by atoms with Crippen LogP contribution in [0.2, 0.25) is 0 Å². The number of aliphatic hydroxyl groups excluding tert-OH is 1. The zero-order chi connectivity index (χ0) is 17.3. The van der Waals surface area contributed by atoms with Crippen molar-refractivity contribution in [2.75, 3.05) is 13.1 Å². The lowest BCUT2D eigenvalue weighted by molar-refractivity contribution is 0.0115. The molecule has 0 saturated carbocycles. The molecule has 2 N–H and O–H groups in total. The molecule has 126 valence electrons. The third kappa shape index (κ3) is 2.86. The van der Waals surface area contributed by atoms with Crippen LogP contribution in [-0.4, -0.2) is 38.0 Å². The highest BCUT2D eigenvalue weighted by atomic mass is 32.1. The van der Waals surface area contributed by atoms with Crippen molar-refractivity contribution in [3.63, 3.8) is 0 Å². The second kappa shape index (κ2) is 6.80. The van der Waals surface area contributed by atoms with Crippen LogP contribution in [0.1, 0.15) is 30.5 Å². The quantitative estimate of drug-likeness (QED) is 0.696. The smallest absolute Gasteiger partial charge is 0.260 e. The van der Waals surface area contributed by atoms with Gasteiger partial charge in [0.05, 0.1) is 10.3 Å². The number of hydrogen-bond donors (Lipinski definition) is 2. The summed E-state index contributed by atoms with van der Waals surface area (Å²) in [7, 11) is 0. The molecule has 3 aromatic heterocycles. The van der Waals surface area contributed by atoms with Gasteiger partial charge < -0.3 is 10.1 Å². The zero-order valence-electron chi connectivity index (χ0n) is 13.9. The van der Waals surface area contributed by atoms with Crippen LogP contribution in [0.15, 0.2) is 29.2 Å². The average Bonchev–Trinajstić information content (AvgIpc) is 2.94. The van der Waals surface area contributed by atoms with E-state index in [4.69, 9.17) is 0 Å². The van der Waals surface area contributed by atoms with Crippen molar-refractivity contribution >= 4 is 21.6 Å². The first-order chi connectivity index (χ1) is 11.6. The van der Waals surface area contributed by atoms with E-state index < -0.39 is 6.23 Å². The van der Waals surface area contributed by atoms with Gasteiger partial charge in [0.2, 0.25) is 0 Å². The predicted octanol–water partition coefficient (Wildman–Crippen LogP) is 2.69. The number of aliphatic hydroxyl groups is 1. The Labute approximate surface area is 143 Å². The summed E-state index contributed by atoms with van der Waals surface area (Å²) in [6.45, 7) is 7.32. The molecule has 0 amide bonds. The van der Waals surface area contributed by atoms with Crippen molar-refractivity contribution in [2.45, 2.75) is 27.0 Å². The largest absolute Gasteiger partial charge is 0.373 e. The minimum atomic E-state index is -0.725. The molecule has 0 bridgehead atoms. The number of thiophene rings is 1. The van der Waals surface area contributed by atoms with Gasteiger partial charge in [-0.1, -0.05) is 19.9 Å². The normalized spacial score (nSPS) is 12.9. The maximum absolute atomic E-state index is 12.5. The number of rotatable bonds is 5. The van der Waals surface area contributed by atoms with Gasteiger partial charge in [0.25, 0.3) is 5.56 Å². The van der Waals surface area contributed by atoms with Gasteiger partial charge >= 0.3 is 0 Å². The summed E-state index contributed by atoms with van der Waals surface area (Å²) in [5.74, 6) is 0.443. The molecule has 7 heteroatoms. The molecule has 6 nitrogen and oxygen atoms in total. The molecule has 0 aliphatic heterocycles. The third-order valence-corrected chi connectivity index (χ3v) is 5.36. The second-order valence-corrected chi connectivity index (χ2v) is 6.53. The Morgan fingerprint density at radius 1 is 1.33 bits per heavy atom. The number of pyridine rings is 1. The molecule has 0 aliphatic rings. The van der Waals surface area contributed by atoms with Crippen LogP contribution < -0.4 is 5.56 Å². The predicted molar refractivity (Wildman–Crippen MR) is 96.1 cm³/mol. The summed E-state index contributed by atoms with van der Waals surface area (Å²) in [4.78, 5) is 27.4. The third-order valence-electron chi connectivity index (χ3n) is 4.14. The Kier molecular flexibility index (Phi) is 4.75. The number of aryl methyl sites for hydroxylation is 1. The van der Waals surface area contributed by atoms with Gasteiger partial charge in [-0.3, -0.25) is 14.7 Å². The fraction of sp³-hybridized carbons (Fsp3) is 0.353. The fourth-order valence-corrected chi connectivity index (χ4v) is 3.97. The Morgan fingerprint density at radius 3 is 2.71 bits per heavy atom. The number of fused-ring (bicyclic) bond motifs is 1. The maximum Gasteiger partial charge on any atom is 0.260 e. The summed E-state index contributed by atoms with van der Waals surface area (Å²) in [5.41, 5.74) is 1.21. The average molecular weight is 344 g/mol. The topological polar surface area (TPSA) is 82.1 Å². The molecule has 1 atom stereocenters. The molecule has 0 fully saturated rings. The summed E-state index contributed by atoms with van der Waals surface area (Å²) in [6, 6.07) is 5.46. The standard InChI is InChI=1S/C17H20N4O2S/c1-4-21(5-2)17(23)13-10(3)12-15(22)19-14(20-16(12)24-13)11-8-6-7-9-18-11/h6-9,17,23H,4-5H2,1-3H3,(H,19,20,22). The number of hydrogen-bond acceptors (Lipinski definition) is 6. The van der Waals surface area contributed by atoms with Crippen LogP contribution in [0.5, 0.6) is 0 Å². The highest BCUT2D eigenvalue weighted by Gasteiger charge is 2.23. The van der Waals surface area contributed by atoms with Gasteiger partial charge in [-0.15, -0.1) is 11.3 Å². The van der Waals surface area contributed by atoms with E-state index in [1.54, 1.807) is 12.3 Å². The van der Waals surface area contributed by atoms with Gasteiger partial charge in [-0.25, -0.2) is 4.98 Å². The Morgan fingerprint density at radius 2 is 2.08 bits per heavy atom. The number of nitrogens with zero attached hydrogens (tertiary/aromatic N) is 3. The highest BCUT2D eigenvalue weighted by molar-refractivity contribution is 7.18. The van der Waals surface area contributed by atoms with E-state index in [-0.39, 0.29) is 5.56 Å². The van der Waals surface area contributed by atoms with Gasteiger partial charge in [0.15, 0.2) is 5.82 Å². The van der Waals surface area contributed by atoms with Gasteiger partial charge in [-0.05, 0) is 37.7 Å². The van der Waals surface area contributed by atoms with E-state index in [0.29, 0.717) is 21.7 Å². The SMILES string of the molecule is CCN(CC)C(O)c1sc2nc(-c3ccccn3)[nH]c(=O)c2c1C. The van der Waals surface area contributed by atoms with Gasteiger partial charge in [-0.2, -0.15) is 0 Å². The molecular formula is C17H20N4O2S. The number of nitrogens with one attached hydrogen (secondary N) is 1. The molecule has 0 radical (unpaired) electrons. The second-order valence-electron chi connectivity index (χ2n) is 5.50. The van der Waals surface area contributed by atoms with E-state index in [2.05, 4.69) is 15.0 Å². The van der Waals surface area contributed by atoms with Crippen LogP contribution >= 0.6 is 11.3 Å². The number of H-pyrrole nitrogens is 1. The Bertz CT molecular complexity index is 900. The van der Waals surface area contributed by atoms with E-state index >= 15 is 0 Å². The highest BCUT2D eigenvalue weighted by Crippen LogP contribution is 2.33. The molecule has 0 aliphatic carbocycles. The summed E-state index contributed by atoms with van der Waals surface area (Å²) >= 11 is 1.36. The van der Waals surface area contributed by atoms with Crippen molar-refractivity contribution in [3.05, 3.63) is 45.2 Å². The lowest BCUT2D eigenvalue weighted by Crippen LogP contribution is -2.28.